The van der Waals surface area contributed by atoms with Gasteiger partial charge in [0.15, 0.2) is 0 Å². The van der Waals surface area contributed by atoms with Gasteiger partial charge in [0.1, 0.15) is 5.69 Å². The van der Waals surface area contributed by atoms with Crippen molar-refractivity contribution in [2.45, 2.75) is 57.2 Å². The van der Waals surface area contributed by atoms with E-state index in [9.17, 15) is 22.8 Å². The Balaban J connectivity index is 1.53. The minimum atomic E-state index is -4.58. The lowest BCUT2D eigenvalue weighted by molar-refractivity contribution is -0.141. The molecule has 4 rings (SSSR count). The van der Waals surface area contributed by atoms with E-state index in [-0.39, 0.29) is 29.3 Å². The van der Waals surface area contributed by atoms with E-state index in [4.69, 9.17) is 0 Å². The Morgan fingerprint density at radius 2 is 1.89 bits per heavy atom. The fourth-order valence-corrected chi connectivity index (χ4v) is 4.58. The van der Waals surface area contributed by atoms with E-state index in [2.05, 4.69) is 10.3 Å². The molecule has 1 aliphatic heterocycles. The van der Waals surface area contributed by atoms with E-state index >= 15 is 0 Å². The van der Waals surface area contributed by atoms with Crippen molar-refractivity contribution in [2.24, 2.45) is 11.8 Å². The highest BCUT2D eigenvalue weighted by Gasteiger charge is 2.42. The molecule has 3 unspecified atom stereocenters. The molecule has 2 heterocycles. The minimum Gasteiger partial charge on any atom is -0.349 e. The first kappa shape index (κ1) is 19.2. The molecule has 3 fully saturated rings. The zero-order valence-corrected chi connectivity index (χ0v) is 15.8. The Labute approximate surface area is 161 Å². The van der Waals surface area contributed by atoms with Crippen LogP contribution in [0.15, 0.2) is 12.1 Å². The summed E-state index contributed by atoms with van der Waals surface area (Å²) >= 11 is 0. The largest absolute Gasteiger partial charge is 0.433 e. The van der Waals surface area contributed by atoms with Crippen LogP contribution in [0.1, 0.15) is 66.7 Å². The van der Waals surface area contributed by atoms with Gasteiger partial charge < -0.3 is 10.2 Å². The van der Waals surface area contributed by atoms with Crippen LogP contribution in [-0.4, -0.2) is 40.8 Å². The molecule has 2 saturated carbocycles. The van der Waals surface area contributed by atoms with Crippen LogP contribution in [0.2, 0.25) is 0 Å². The van der Waals surface area contributed by atoms with Crippen molar-refractivity contribution in [1.82, 2.24) is 15.2 Å². The number of carbonyl (C=O) groups is 2. The number of hydrogen-bond acceptors (Lipinski definition) is 3. The van der Waals surface area contributed by atoms with Crippen molar-refractivity contribution in [3.63, 3.8) is 0 Å². The lowest BCUT2D eigenvalue weighted by Gasteiger charge is -2.33. The number of likely N-dealkylation sites (tertiary alicyclic amines) is 1. The monoisotopic (exact) mass is 395 g/mol. The molecule has 0 aromatic carbocycles. The van der Waals surface area contributed by atoms with Crippen molar-refractivity contribution in [1.29, 1.82) is 0 Å². The van der Waals surface area contributed by atoms with Gasteiger partial charge in [-0.3, -0.25) is 9.59 Å². The van der Waals surface area contributed by atoms with Crippen LogP contribution in [0.25, 0.3) is 0 Å². The van der Waals surface area contributed by atoms with Crippen LogP contribution >= 0.6 is 0 Å². The Kier molecular flexibility index (Phi) is 4.83. The first-order valence-electron chi connectivity index (χ1n) is 9.88. The van der Waals surface area contributed by atoms with E-state index in [0.717, 1.165) is 38.2 Å². The van der Waals surface area contributed by atoms with Crippen molar-refractivity contribution in [3.05, 3.63) is 29.1 Å². The second-order valence-electron chi connectivity index (χ2n) is 8.30. The number of amides is 2. The fraction of sp³-hybridized carbons (Fsp3) is 0.650. The molecule has 2 amide bonds. The van der Waals surface area contributed by atoms with Gasteiger partial charge in [0.05, 0.1) is 0 Å². The molecule has 1 aromatic rings. The molecule has 152 valence electrons. The molecule has 8 heteroatoms. The summed E-state index contributed by atoms with van der Waals surface area (Å²) in [5.74, 6) is 0.0627. The Morgan fingerprint density at radius 3 is 2.54 bits per heavy atom. The molecular formula is C20H24F3N3O2. The third kappa shape index (κ3) is 3.86. The molecule has 1 aromatic heterocycles. The first-order valence-corrected chi connectivity index (χ1v) is 9.88. The smallest absolute Gasteiger partial charge is 0.349 e. The summed E-state index contributed by atoms with van der Waals surface area (Å²) < 4.78 is 39.7. The first-order chi connectivity index (χ1) is 13.2. The van der Waals surface area contributed by atoms with Gasteiger partial charge in [0.2, 0.25) is 5.91 Å². The van der Waals surface area contributed by atoms with E-state index in [1.165, 1.54) is 6.07 Å². The highest BCUT2D eigenvalue weighted by atomic mass is 19.4. The second-order valence-corrected chi connectivity index (χ2v) is 8.30. The average molecular weight is 395 g/mol. The van der Waals surface area contributed by atoms with Crippen LogP contribution in [-0.2, 0) is 11.0 Å². The molecule has 1 saturated heterocycles. The zero-order valence-electron chi connectivity index (χ0n) is 15.8. The summed E-state index contributed by atoms with van der Waals surface area (Å²) in [6, 6.07) is 2.22. The maximum atomic E-state index is 13.2. The van der Waals surface area contributed by atoms with Gasteiger partial charge in [-0.05, 0) is 43.7 Å². The lowest BCUT2D eigenvalue weighted by atomic mass is 9.78. The number of carbonyl (C=O) groups excluding carboxylic acids is 2. The zero-order chi connectivity index (χ0) is 20.1. The molecule has 28 heavy (non-hydrogen) atoms. The molecule has 0 spiro atoms. The molecule has 3 aliphatic rings. The van der Waals surface area contributed by atoms with E-state index in [1.807, 2.05) is 0 Å². The summed E-state index contributed by atoms with van der Waals surface area (Å²) in [5.41, 5.74) is -0.634. The highest BCUT2D eigenvalue weighted by molar-refractivity contribution is 5.94. The third-order valence-electron chi connectivity index (χ3n) is 6.25. The molecule has 2 aliphatic carbocycles. The molecule has 1 N–H and O–H groups in total. The van der Waals surface area contributed by atoms with Crippen molar-refractivity contribution in [3.8, 4) is 0 Å². The van der Waals surface area contributed by atoms with Crippen LogP contribution < -0.4 is 5.32 Å². The van der Waals surface area contributed by atoms with E-state index in [1.54, 1.807) is 11.8 Å². The normalized spacial score (nSPS) is 27.4. The number of nitrogens with one attached hydrogen (secondary N) is 1. The van der Waals surface area contributed by atoms with Gasteiger partial charge in [0.25, 0.3) is 5.91 Å². The minimum absolute atomic E-state index is 0.0202. The standard InChI is InChI=1S/C20H24F3N3O2/c1-11(27)26-9-13-3-2-4-16(15(13)10-26)25-19(28)14-7-17(12-5-6-12)24-18(8-14)20(21,22)23/h7-8,12-13,15-16H,2-6,9-10H2,1H3,(H,25,28). The van der Waals surface area contributed by atoms with E-state index < -0.39 is 17.8 Å². The van der Waals surface area contributed by atoms with Crippen LogP contribution in [0, 0.1) is 11.8 Å². The van der Waals surface area contributed by atoms with Crippen molar-refractivity contribution >= 4 is 11.8 Å². The van der Waals surface area contributed by atoms with Gasteiger partial charge in [-0.2, -0.15) is 13.2 Å². The molecular weight excluding hydrogens is 371 g/mol. The maximum absolute atomic E-state index is 13.2. The topological polar surface area (TPSA) is 62.3 Å². The number of aromatic nitrogens is 1. The number of fused-ring (bicyclic) bond motifs is 1. The SMILES string of the molecule is CC(=O)N1CC2CCCC(NC(=O)c3cc(C4CC4)nc(C(F)(F)F)c3)C2C1. The van der Waals surface area contributed by atoms with E-state index in [0.29, 0.717) is 24.7 Å². The lowest BCUT2D eigenvalue weighted by Crippen LogP contribution is -2.45. The predicted octanol–water partition coefficient (Wildman–Crippen LogP) is 3.35. The maximum Gasteiger partial charge on any atom is 0.433 e. The van der Waals surface area contributed by atoms with Gasteiger partial charge >= 0.3 is 6.18 Å². The van der Waals surface area contributed by atoms with Gasteiger partial charge in [-0.15, -0.1) is 0 Å². The predicted molar refractivity (Wildman–Crippen MR) is 95.6 cm³/mol. The number of halogens is 3. The molecule has 3 atom stereocenters. The van der Waals surface area contributed by atoms with Gasteiger partial charge in [0, 0.05) is 49.1 Å². The molecule has 0 radical (unpaired) electrons. The van der Waals surface area contributed by atoms with Gasteiger partial charge in [-0.1, -0.05) is 6.42 Å². The van der Waals surface area contributed by atoms with Crippen molar-refractivity contribution < 1.29 is 22.8 Å². The number of rotatable bonds is 3. The van der Waals surface area contributed by atoms with Crippen LogP contribution in [0.3, 0.4) is 0 Å². The summed E-state index contributed by atoms with van der Waals surface area (Å²) in [4.78, 5) is 30.0. The number of hydrogen-bond donors (Lipinski definition) is 1. The Bertz CT molecular complexity index is 791. The molecule has 0 bridgehead atoms. The fourth-order valence-electron chi connectivity index (χ4n) is 4.58. The number of nitrogens with zero attached hydrogens (tertiary/aromatic N) is 2. The van der Waals surface area contributed by atoms with Crippen LogP contribution in [0.4, 0.5) is 13.2 Å². The van der Waals surface area contributed by atoms with Gasteiger partial charge in [-0.25, -0.2) is 4.98 Å². The second kappa shape index (κ2) is 7.04. The Morgan fingerprint density at radius 1 is 1.14 bits per heavy atom. The number of alkyl halides is 3. The summed E-state index contributed by atoms with van der Waals surface area (Å²) in [5, 5.41) is 2.96. The van der Waals surface area contributed by atoms with Crippen molar-refractivity contribution in [2.75, 3.05) is 13.1 Å². The highest BCUT2D eigenvalue weighted by Crippen LogP contribution is 2.41. The summed E-state index contributed by atoms with van der Waals surface area (Å²) in [6.45, 7) is 2.84. The average Bonchev–Trinajstić information content (AvgIpc) is 3.39. The molecule has 5 nitrogen and oxygen atoms in total. The third-order valence-corrected chi connectivity index (χ3v) is 6.25. The quantitative estimate of drug-likeness (QED) is 0.854. The van der Waals surface area contributed by atoms with Crippen LogP contribution in [0.5, 0.6) is 0 Å². The Hall–Kier alpha value is -2.12. The number of pyridine rings is 1. The summed E-state index contributed by atoms with van der Waals surface area (Å²) in [6.07, 6.45) is -0.227. The summed E-state index contributed by atoms with van der Waals surface area (Å²) in [7, 11) is 0.